The Morgan fingerprint density at radius 2 is 0.735 bits per heavy atom. The second-order valence-electron chi connectivity index (χ2n) is 26.3. The van der Waals surface area contributed by atoms with Gasteiger partial charge in [-0.2, -0.15) is 0 Å². The van der Waals surface area contributed by atoms with Crippen molar-refractivity contribution in [3.05, 3.63) is 70.8 Å². The first kappa shape index (κ1) is 69.6. The highest BCUT2D eigenvalue weighted by atomic mass is 16.6. The predicted molar refractivity (Wildman–Crippen MR) is 350 cm³/mol. The molecule has 83 heavy (non-hydrogen) atoms. The van der Waals surface area contributed by atoms with E-state index in [9.17, 15) is 9.59 Å². The molecule has 0 unspecified atom stereocenters. The number of fused-ring (bicyclic) bond motifs is 2. The van der Waals surface area contributed by atoms with E-state index in [4.69, 9.17) is 70.1 Å². The summed E-state index contributed by atoms with van der Waals surface area (Å²) in [7, 11) is 33.5. The number of likely N-dealkylation sites (tertiary alicyclic amines) is 4. The topological polar surface area (TPSA) is 117 Å². The zero-order valence-corrected chi connectivity index (χ0v) is 51.6. The van der Waals surface area contributed by atoms with Crippen molar-refractivity contribution in [3.63, 3.8) is 0 Å². The van der Waals surface area contributed by atoms with E-state index in [1.165, 1.54) is 82.6 Å². The summed E-state index contributed by atoms with van der Waals surface area (Å²) in [4.78, 5) is 33.2. The fourth-order valence-corrected chi connectivity index (χ4v) is 12.9. The Labute approximate surface area is 514 Å². The van der Waals surface area contributed by atoms with Gasteiger partial charge in [0.2, 0.25) is 0 Å². The molecule has 2 aromatic carbocycles. The van der Waals surface area contributed by atoms with Crippen molar-refractivity contribution in [1.82, 2.24) is 30.2 Å². The molecule has 2 N–H and O–H groups in total. The standard InChI is InChI=1S/C24H36N2O3.C19H28N2O.C15H28N2O3.B11.B/c1-24(2,3)29-23(27)26-14-10-22(11-15-26)28-21-8-12-25(13-9-21)20-16-18-6-4-5-7-19(18)17-20;1-2-4-16-14-17(13-15(16)3-1)21-11-7-19(8-12-21)22-18-5-9-20-10-6-18;1-15(2,3)20-14(18)17-10-6-13(7-11-17)19-12-4-8-16-9-5-12;1-7-10(6)11(8(2)3)9(4)5;/h4-7,20-22H,8-17H2,1-3H3;1-4,17-20H,5-14H2;12-13,16H,4-11H2,1-3H3;;. The number of hydrogen-bond donors (Lipinski definition) is 2. The van der Waals surface area contributed by atoms with Gasteiger partial charge in [0, 0.05) is 152 Å². The number of ether oxygens (including phenoxy) is 5. The summed E-state index contributed by atoms with van der Waals surface area (Å²) in [6.07, 6.45) is 17.7. The molecule has 0 atom stereocenters. The Hall–Kier alpha value is -2.52. The van der Waals surface area contributed by atoms with Crippen LogP contribution in [0, 0.1) is 0 Å². The number of rotatable bonds is 12. The molecule has 2 aliphatic carbocycles. The Morgan fingerprint density at radius 3 is 0.976 bits per heavy atom. The summed E-state index contributed by atoms with van der Waals surface area (Å²) in [6, 6.07) is 19.3. The summed E-state index contributed by atoms with van der Waals surface area (Å²) >= 11 is 0. The van der Waals surface area contributed by atoms with E-state index in [2.05, 4.69) is 69.0 Å². The summed E-state index contributed by atoms with van der Waals surface area (Å²) in [5, 5.41) is 6.76. The summed E-state index contributed by atoms with van der Waals surface area (Å²) in [5.74, 6) is 0. The van der Waals surface area contributed by atoms with Gasteiger partial charge in [0.05, 0.1) is 36.6 Å². The molecule has 6 saturated heterocycles. The number of nitrogens with zero attached hydrogens (tertiary/aromatic N) is 4. The highest BCUT2D eigenvalue weighted by molar-refractivity contribution is 8.02. The van der Waals surface area contributed by atoms with Gasteiger partial charge in [-0.15, -0.1) is 0 Å². The highest BCUT2D eigenvalue weighted by Gasteiger charge is 2.35. The highest BCUT2D eigenvalue weighted by Crippen LogP contribution is 2.31. The van der Waals surface area contributed by atoms with E-state index in [-0.39, 0.29) is 33.1 Å². The first-order valence-corrected chi connectivity index (χ1v) is 31.5. The van der Waals surface area contributed by atoms with Gasteiger partial charge in [-0.1, -0.05) is 48.5 Å². The van der Waals surface area contributed by atoms with E-state index in [0.717, 1.165) is 123 Å². The molecule has 8 aliphatic rings. The quantitative estimate of drug-likeness (QED) is 0.301. The van der Waals surface area contributed by atoms with Crippen molar-refractivity contribution in [2.45, 2.75) is 204 Å². The molecule has 0 spiro atoms. The molecule has 16 radical (unpaired) electrons. The largest absolute Gasteiger partial charge is 0.444 e. The first-order valence-electron chi connectivity index (χ1n) is 31.5. The summed E-state index contributed by atoms with van der Waals surface area (Å²) in [5.41, 5.74) is 5.36. The molecule has 6 fully saturated rings. The van der Waals surface area contributed by atoms with Crippen molar-refractivity contribution >= 4 is 99.6 Å². The lowest BCUT2D eigenvalue weighted by molar-refractivity contribution is -0.0693. The lowest BCUT2D eigenvalue weighted by Crippen LogP contribution is -2.63. The van der Waals surface area contributed by atoms with E-state index in [1.807, 2.05) is 46.4 Å². The third-order valence-corrected chi connectivity index (χ3v) is 17.5. The van der Waals surface area contributed by atoms with Gasteiger partial charge in [-0.25, -0.2) is 9.59 Å². The van der Waals surface area contributed by atoms with Gasteiger partial charge in [-0.3, -0.25) is 9.80 Å². The summed E-state index contributed by atoms with van der Waals surface area (Å²) < 4.78 is 29.8. The Morgan fingerprint density at radius 1 is 0.470 bits per heavy atom. The molecular weight excluding hydrogens is 1020 g/mol. The van der Waals surface area contributed by atoms with Gasteiger partial charge in [0.15, 0.2) is 0 Å². The Bertz CT molecular complexity index is 2140. The molecule has 0 aromatic heterocycles. The third kappa shape index (κ3) is 23.2. The van der Waals surface area contributed by atoms with Crippen LogP contribution in [-0.2, 0) is 49.4 Å². The van der Waals surface area contributed by atoms with E-state index < -0.39 is 30.4 Å². The molecule has 0 bridgehead atoms. The Kier molecular flexibility index (Phi) is 28.7. The van der Waals surface area contributed by atoms with Crippen LogP contribution in [0.15, 0.2) is 48.5 Å². The average Bonchev–Trinajstić information content (AvgIpc) is 4.24. The maximum absolute atomic E-state index is 12.2. The van der Waals surface area contributed by atoms with Gasteiger partial charge in [-0.05, 0) is 193 Å². The van der Waals surface area contributed by atoms with Gasteiger partial charge < -0.3 is 44.1 Å². The number of carbonyl (C=O) groups excluding carboxylic acids is 2. The third-order valence-electron chi connectivity index (χ3n) is 17.5. The minimum Gasteiger partial charge on any atom is -0.444 e. The molecule has 13 nitrogen and oxygen atoms in total. The van der Waals surface area contributed by atoms with Crippen molar-refractivity contribution in [2.75, 3.05) is 78.5 Å². The maximum atomic E-state index is 12.2. The number of piperidine rings is 6. The van der Waals surface area contributed by atoms with Gasteiger partial charge in [0.25, 0.3) is 0 Å². The zero-order chi connectivity index (χ0) is 58.8. The van der Waals surface area contributed by atoms with Gasteiger partial charge >= 0.3 is 12.2 Å². The summed E-state index contributed by atoms with van der Waals surface area (Å²) in [6.45, 7) is 23.5. The first-order chi connectivity index (χ1) is 39.2. The zero-order valence-electron chi connectivity index (χ0n) is 51.6. The van der Waals surface area contributed by atoms with E-state index in [1.54, 1.807) is 16.0 Å². The van der Waals surface area contributed by atoms with Crippen LogP contribution >= 0.6 is 0 Å². The lowest BCUT2D eigenvalue weighted by atomic mass is 8.56. The SMILES string of the molecule is CC(C)(C)OC(=O)N1CCC(OC2CCN(C3Cc4ccccc4C3)CC2)CC1.CC(C)(C)OC(=O)N1CCC(OC2CCNCC2)CC1.[B].[B][B]B([B])B(B([B])[B])B([B])[B].c1ccc2c(c1)CC(N1CCC(OC3CCNCC3)CC1)C2. The fourth-order valence-electron chi connectivity index (χ4n) is 12.9. The molecule has 10 rings (SSSR count). The van der Waals surface area contributed by atoms with Crippen LogP contribution in [0.2, 0.25) is 0 Å². The minimum absolute atomic E-state index is 0. The minimum atomic E-state index is -0.648. The number of amides is 2. The van der Waals surface area contributed by atoms with Crippen LogP contribution in [-0.4, -0.2) is 258 Å². The molecule has 25 heteroatoms. The lowest BCUT2D eigenvalue weighted by Gasteiger charge is -2.39. The molecule has 2 amide bonds. The van der Waals surface area contributed by atoms with E-state index >= 15 is 0 Å². The monoisotopic (exact) mass is 1120 g/mol. The molecule has 0 saturated carbocycles. The fraction of sp³-hybridized carbons (Fsp3) is 0.759. The van der Waals surface area contributed by atoms with Crippen molar-refractivity contribution in [2.24, 2.45) is 0 Å². The predicted octanol–water partition coefficient (Wildman–Crippen LogP) is 4.01. The van der Waals surface area contributed by atoms with Crippen molar-refractivity contribution < 1.29 is 33.3 Å². The van der Waals surface area contributed by atoms with Gasteiger partial charge in [0.1, 0.15) is 11.2 Å². The smallest absolute Gasteiger partial charge is 0.410 e. The average molecular weight is 1120 g/mol. The normalized spacial score (nSPS) is 21.3. The number of hydrogen-bond acceptors (Lipinski definition) is 11. The second-order valence-corrected chi connectivity index (χ2v) is 26.3. The molecule has 6 aliphatic heterocycles. The van der Waals surface area contributed by atoms with Crippen LogP contribution in [0.1, 0.15) is 141 Å². The molecule has 432 valence electrons. The molecular formula is C58H92B12N6O7. The van der Waals surface area contributed by atoms with Crippen molar-refractivity contribution in [3.8, 4) is 0 Å². The van der Waals surface area contributed by atoms with Crippen LogP contribution < -0.4 is 10.6 Å². The van der Waals surface area contributed by atoms with Crippen LogP contribution in [0.4, 0.5) is 9.59 Å². The number of benzene rings is 2. The Balaban J connectivity index is 0.000000185. The van der Waals surface area contributed by atoms with Crippen LogP contribution in [0.5, 0.6) is 0 Å². The van der Waals surface area contributed by atoms with Crippen LogP contribution in [0.3, 0.4) is 0 Å². The number of carbonyl (C=O) groups is 2. The van der Waals surface area contributed by atoms with E-state index in [0.29, 0.717) is 36.6 Å². The van der Waals surface area contributed by atoms with Crippen molar-refractivity contribution in [1.29, 1.82) is 0 Å². The maximum Gasteiger partial charge on any atom is 0.410 e. The second kappa shape index (κ2) is 34.3. The van der Waals surface area contributed by atoms with Crippen LogP contribution in [0.25, 0.3) is 0 Å². The molecule has 2 aromatic rings. The number of nitrogens with one attached hydrogen (secondary N) is 2. The molecule has 6 heterocycles.